The van der Waals surface area contributed by atoms with Gasteiger partial charge in [-0.05, 0) is 61.0 Å². The SMILES string of the molecule is Cc1cc(-c2ccc3cc(F)ccc3n2)ccc1NC(=O)c1cccnn1. The maximum atomic E-state index is 13.3. The van der Waals surface area contributed by atoms with E-state index in [2.05, 4.69) is 20.5 Å². The minimum atomic E-state index is -0.315. The molecule has 0 fully saturated rings. The number of carbonyl (C=O) groups excluding carboxylic acids is 1. The van der Waals surface area contributed by atoms with E-state index >= 15 is 0 Å². The van der Waals surface area contributed by atoms with Crippen LogP contribution in [0.4, 0.5) is 10.1 Å². The average Bonchev–Trinajstić information content (AvgIpc) is 2.69. The van der Waals surface area contributed by atoms with Crippen LogP contribution in [-0.2, 0) is 0 Å². The molecular weight excluding hydrogens is 343 g/mol. The summed E-state index contributed by atoms with van der Waals surface area (Å²) in [5.74, 6) is -0.596. The van der Waals surface area contributed by atoms with Crippen molar-refractivity contribution in [2.24, 2.45) is 0 Å². The van der Waals surface area contributed by atoms with Gasteiger partial charge in [-0.2, -0.15) is 5.10 Å². The van der Waals surface area contributed by atoms with Gasteiger partial charge in [0.1, 0.15) is 5.82 Å². The first kappa shape index (κ1) is 16.8. The fraction of sp³-hybridized carbons (Fsp3) is 0.0476. The molecule has 0 saturated heterocycles. The molecule has 4 aromatic rings. The molecule has 0 bridgehead atoms. The number of anilines is 1. The lowest BCUT2D eigenvalue weighted by Crippen LogP contribution is -2.14. The minimum absolute atomic E-state index is 0.254. The molecule has 4 rings (SSSR count). The van der Waals surface area contributed by atoms with Crippen LogP contribution in [0.3, 0.4) is 0 Å². The lowest BCUT2D eigenvalue weighted by molar-refractivity contribution is 0.102. The summed E-state index contributed by atoms with van der Waals surface area (Å²) < 4.78 is 13.3. The standard InChI is InChI=1S/C21H15FN4O/c1-13-11-14(18-8-5-15-12-16(22)6-9-19(15)24-18)4-7-17(13)25-21(27)20-3-2-10-23-26-20/h2-12H,1H3,(H,25,27). The van der Waals surface area contributed by atoms with Crippen molar-refractivity contribution in [1.29, 1.82) is 0 Å². The van der Waals surface area contributed by atoms with E-state index < -0.39 is 0 Å². The van der Waals surface area contributed by atoms with Crippen LogP contribution in [-0.4, -0.2) is 21.1 Å². The Morgan fingerprint density at radius 1 is 1.04 bits per heavy atom. The maximum absolute atomic E-state index is 13.3. The molecule has 6 heteroatoms. The van der Waals surface area contributed by atoms with Crippen LogP contribution in [0.5, 0.6) is 0 Å². The Labute approximate surface area is 154 Å². The number of amides is 1. The second-order valence-electron chi connectivity index (χ2n) is 6.13. The van der Waals surface area contributed by atoms with Crippen molar-refractivity contribution in [3.63, 3.8) is 0 Å². The van der Waals surface area contributed by atoms with Crippen molar-refractivity contribution in [3.8, 4) is 11.3 Å². The number of benzene rings is 2. The molecule has 0 saturated carbocycles. The zero-order chi connectivity index (χ0) is 18.8. The summed E-state index contributed by atoms with van der Waals surface area (Å²) in [6, 6.07) is 17.2. The van der Waals surface area contributed by atoms with Crippen LogP contribution >= 0.6 is 0 Å². The van der Waals surface area contributed by atoms with Crippen molar-refractivity contribution in [1.82, 2.24) is 15.2 Å². The van der Waals surface area contributed by atoms with Gasteiger partial charge in [-0.25, -0.2) is 9.37 Å². The molecule has 1 N–H and O–H groups in total. The second kappa shape index (κ2) is 6.92. The van der Waals surface area contributed by atoms with E-state index in [0.29, 0.717) is 5.69 Å². The van der Waals surface area contributed by atoms with E-state index in [0.717, 1.165) is 27.7 Å². The Hall–Kier alpha value is -3.67. The summed E-state index contributed by atoms with van der Waals surface area (Å²) >= 11 is 0. The first-order valence-corrected chi connectivity index (χ1v) is 8.36. The summed E-state index contributed by atoms with van der Waals surface area (Å²) in [5, 5.41) is 11.1. The Morgan fingerprint density at radius 2 is 1.93 bits per heavy atom. The molecule has 0 atom stereocenters. The van der Waals surface area contributed by atoms with Gasteiger partial charge in [-0.3, -0.25) is 4.79 Å². The number of aromatic nitrogens is 3. The molecule has 1 amide bonds. The van der Waals surface area contributed by atoms with Gasteiger partial charge < -0.3 is 5.32 Å². The molecule has 0 aliphatic carbocycles. The molecular formula is C21H15FN4O. The van der Waals surface area contributed by atoms with Gasteiger partial charge in [-0.1, -0.05) is 12.1 Å². The average molecular weight is 358 g/mol. The molecule has 132 valence electrons. The molecule has 0 spiro atoms. The predicted molar refractivity (Wildman–Crippen MR) is 102 cm³/mol. The van der Waals surface area contributed by atoms with Gasteiger partial charge in [0.15, 0.2) is 5.69 Å². The van der Waals surface area contributed by atoms with Crippen molar-refractivity contribution in [3.05, 3.63) is 83.9 Å². The number of carbonyl (C=O) groups is 1. The van der Waals surface area contributed by atoms with Gasteiger partial charge in [0.2, 0.25) is 0 Å². The lowest BCUT2D eigenvalue weighted by Gasteiger charge is -2.10. The number of rotatable bonds is 3. The van der Waals surface area contributed by atoms with Crippen LogP contribution in [0.1, 0.15) is 16.1 Å². The first-order chi connectivity index (χ1) is 13.1. The normalized spacial score (nSPS) is 10.7. The molecule has 27 heavy (non-hydrogen) atoms. The topological polar surface area (TPSA) is 67.8 Å². The molecule has 0 aliphatic heterocycles. The molecule has 0 aliphatic rings. The smallest absolute Gasteiger partial charge is 0.276 e. The van der Waals surface area contributed by atoms with Gasteiger partial charge >= 0.3 is 0 Å². The molecule has 0 radical (unpaired) electrons. The minimum Gasteiger partial charge on any atom is -0.320 e. The van der Waals surface area contributed by atoms with Crippen molar-refractivity contribution in [2.75, 3.05) is 5.32 Å². The van der Waals surface area contributed by atoms with Crippen molar-refractivity contribution >= 4 is 22.5 Å². The third-order valence-electron chi connectivity index (χ3n) is 4.23. The number of fused-ring (bicyclic) bond motifs is 1. The fourth-order valence-corrected chi connectivity index (χ4v) is 2.83. The monoisotopic (exact) mass is 358 g/mol. The molecule has 2 aromatic heterocycles. The first-order valence-electron chi connectivity index (χ1n) is 8.36. The molecule has 0 unspecified atom stereocenters. The second-order valence-corrected chi connectivity index (χ2v) is 6.13. The molecule has 2 aromatic carbocycles. The number of hydrogen-bond acceptors (Lipinski definition) is 4. The van der Waals surface area contributed by atoms with E-state index in [-0.39, 0.29) is 17.4 Å². The van der Waals surface area contributed by atoms with Crippen molar-refractivity contribution < 1.29 is 9.18 Å². The highest BCUT2D eigenvalue weighted by Gasteiger charge is 2.10. The number of pyridine rings is 1. The Kier molecular flexibility index (Phi) is 4.30. The lowest BCUT2D eigenvalue weighted by atomic mass is 10.1. The van der Waals surface area contributed by atoms with Gasteiger partial charge in [0.05, 0.1) is 11.2 Å². The van der Waals surface area contributed by atoms with Gasteiger partial charge in [-0.15, -0.1) is 5.10 Å². The summed E-state index contributed by atoms with van der Waals surface area (Å²) in [6.45, 7) is 1.91. The Bertz CT molecular complexity index is 1150. The van der Waals surface area contributed by atoms with E-state index in [9.17, 15) is 9.18 Å². The Balaban J connectivity index is 1.62. The van der Waals surface area contributed by atoms with Crippen LogP contribution in [0.25, 0.3) is 22.2 Å². The highest BCUT2D eigenvalue weighted by atomic mass is 19.1. The Morgan fingerprint density at radius 3 is 2.70 bits per heavy atom. The molecule has 2 heterocycles. The quantitative estimate of drug-likeness (QED) is 0.590. The zero-order valence-corrected chi connectivity index (χ0v) is 14.5. The van der Waals surface area contributed by atoms with E-state index in [4.69, 9.17) is 0 Å². The summed E-state index contributed by atoms with van der Waals surface area (Å²) in [4.78, 5) is 16.8. The van der Waals surface area contributed by atoms with E-state index in [1.807, 2.05) is 37.3 Å². The van der Waals surface area contributed by atoms with Crippen LogP contribution in [0, 0.1) is 12.7 Å². The molecule has 5 nitrogen and oxygen atoms in total. The van der Waals surface area contributed by atoms with Crippen LogP contribution in [0.2, 0.25) is 0 Å². The number of halogens is 1. The number of nitrogens with one attached hydrogen (secondary N) is 1. The highest BCUT2D eigenvalue weighted by molar-refractivity contribution is 6.03. The number of nitrogens with zero attached hydrogens (tertiary/aromatic N) is 3. The highest BCUT2D eigenvalue weighted by Crippen LogP contribution is 2.26. The number of hydrogen-bond donors (Lipinski definition) is 1. The van der Waals surface area contributed by atoms with Crippen LogP contribution < -0.4 is 5.32 Å². The van der Waals surface area contributed by atoms with Crippen molar-refractivity contribution in [2.45, 2.75) is 6.92 Å². The number of aryl methyl sites for hydroxylation is 1. The largest absolute Gasteiger partial charge is 0.320 e. The zero-order valence-electron chi connectivity index (χ0n) is 14.5. The summed E-state index contributed by atoms with van der Waals surface area (Å²) in [5.41, 5.74) is 4.26. The van der Waals surface area contributed by atoms with E-state index in [1.54, 1.807) is 18.2 Å². The predicted octanol–water partition coefficient (Wildman–Crippen LogP) is 4.39. The summed E-state index contributed by atoms with van der Waals surface area (Å²) in [7, 11) is 0. The third kappa shape index (κ3) is 3.50. The fourth-order valence-electron chi connectivity index (χ4n) is 2.83. The maximum Gasteiger partial charge on any atom is 0.276 e. The van der Waals surface area contributed by atoms with Gasteiger partial charge in [0, 0.05) is 22.8 Å². The third-order valence-corrected chi connectivity index (χ3v) is 4.23. The van der Waals surface area contributed by atoms with E-state index in [1.165, 1.54) is 18.3 Å². The van der Waals surface area contributed by atoms with Gasteiger partial charge in [0.25, 0.3) is 5.91 Å². The van der Waals surface area contributed by atoms with Crippen LogP contribution in [0.15, 0.2) is 66.9 Å². The summed E-state index contributed by atoms with van der Waals surface area (Å²) in [6.07, 6.45) is 1.52.